The van der Waals surface area contributed by atoms with Gasteiger partial charge < -0.3 is 18.6 Å². The molecular formula is C17H23N3O3. The number of rotatable bonds is 5. The van der Waals surface area contributed by atoms with Gasteiger partial charge in [-0.25, -0.2) is 4.98 Å². The lowest BCUT2D eigenvalue weighted by Gasteiger charge is -2.22. The zero-order valence-corrected chi connectivity index (χ0v) is 13.9. The topological polar surface area (TPSA) is 60.5 Å². The van der Waals surface area contributed by atoms with Crippen LogP contribution in [0.15, 0.2) is 29.1 Å². The maximum atomic E-state index is 12.8. The van der Waals surface area contributed by atoms with Gasteiger partial charge in [0, 0.05) is 25.9 Å². The molecular weight excluding hydrogens is 294 g/mol. The SMILES string of the molecule is COCc1ccc(C2CCCN2C(=O)c2cn(C(C)C)cn2)o1. The number of ether oxygens (including phenoxy) is 1. The van der Waals surface area contributed by atoms with Gasteiger partial charge in [0.25, 0.3) is 5.91 Å². The highest BCUT2D eigenvalue weighted by Crippen LogP contribution is 2.34. The van der Waals surface area contributed by atoms with E-state index in [0.717, 1.165) is 30.9 Å². The Labute approximate surface area is 136 Å². The highest BCUT2D eigenvalue weighted by atomic mass is 16.5. The molecule has 1 amide bonds. The summed E-state index contributed by atoms with van der Waals surface area (Å²) in [6.07, 6.45) is 5.42. The zero-order valence-electron chi connectivity index (χ0n) is 13.9. The van der Waals surface area contributed by atoms with Crippen LogP contribution < -0.4 is 0 Å². The van der Waals surface area contributed by atoms with Crippen molar-refractivity contribution >= 4 is 5.91 Å². The Morgan fingerprint density at radius 1 is 1.48 bits per heavy atom. The van der Waals surface area contributed by atoms with Crippen molar-refractivity contribution in [2.45, 2.75) is 45.4 Å². The van der Waals surface area contributed by atoms with Crippen LogP contribution in [0.3, 0.4) is 0 Å². The molecule has 6 nitrogen and oxygen atoms in total. The molecule has 1 fully saturated rings. The standard InChI is InChI=1S/C17H23N3O3/c1-12(2)19-9-14(18-11-19)17(21)20-8-4-5-15(20)16-7-6-13(23-16)10-22-3/h6-7,9,11-12,15H,4-5,8,10H2,1-3H3. The molecule has 1 aliphatic heterocycles. The lowest BCUT2D eigenvalue weighted by molar-refractivity contribution is 0.0710. The summed E-state index contributed by atoms with van der Waals surface area (Å²) in [5.74, 6) is 1.58. The summed E-state index contributed by atoms with van der Waals surface area (Å²) in [5.41, 5.74) is 0.495. The van der Waals surface area contributed by atoms with Crippen LogP contribution >= 0.6 is 0 Å². The third-order valence-electron chi connectivity index (χ3n) is 4.23. The second-order valence-electron chi connectivity index (χ2n) is 6.19. The first-order valence-electron chi connectivity index (χ1n) is 8.02. The van der Waals surface area contributed by atoms with Crippen molar-refractivity contribution in [2.75, 3.05) is 13.7 Å². The van der Waals surface area contributed by atoms with Crippen LogP contribution in [0.4, 0.5) is 0 Å². The molecule has 0 radical (unpaired) electrons. The van der Waals surface area contributed by atoms with Crippen LogP contribution in [0, 0.1) is 0 Å². The van der Waals surface area contributed by atoms with Gasteiger partial charge in [0.2, 0.25) is 0 Å². The van der Waals surface area contributed by atoms with Crippen LogP contribution in [-0.2, 0) is 11.3 Å². The average molecular weight is 317 g/mol. The van der Waals surface area contributed by atoms with Crippen molar-refractivity contribution in [1.82, 2.24) is 14.5 Å². The van der Waals surface area contributed by atoms with E-state index in [9.17, 15) is 4.79 Å². The summed E-state index contributed by atoms with van der Waals surface area (Å²) < 4.78 is 12.9. The van der Waals surface area contributed by atoms with Crippen molar-refractivity contribution in [1.29, 1.82) is 0 Å². The van der Waals surface area contributed by atoms with Crippen molar-refractivity contribution in [3.8, 4) is 0 Å². The largest absolute Gasteiger partial charge is 0.461 e. The van der Waals surface area contributed by atoms with E-state index in [1.165, 1.54) is 0 Å². The van der Waals surface area contributed by atoms with Gasteiger partial charge in [-0.15, -0.1) is 0 Å². The van der Waals surface area contributed by atoms with Gasteiger partial charge in [-0.05, 0) is 38.8 Å². The Balaban J connectivity index is 1.78. The highest BCUT2D eigenvalue weighted by Gasteiger charge is 2.33. The molecule has 1 saturated heterocycles. The molecule has 3 heterocycles. The monoisotopic (exact) mass is 317 g/mol. The van der Waals surface area contributed by atoms with Gasteiger partial charge in [0.15, 0.2) is 0 Å². The maximum Gasteiger partial charge on any atom is 0.274 e. The molecule has 3 rings (SSSR count). The summed E-state index contributed by atoms with van der Waals surface area (Å²) in [6, 6.07) is 4.13. The molecule has 2 aromatic heterocycles. The molecule has 0 bridgehead atoms. The fraction of sp³-hybridized carbons (Fsp3) is 0.529. The number of amides is 1. The summed E-state index contributed by atoms with van der Waals surface area (Å²) in [6.45, 7) is 5.31. The number of imidazole rings is 1. The van der Waals surface area contributed by atoms with E-state index in [1.807, 2.05) is 27.8 Å². The number of hydrogen-bond acceptors (Lipinski definition) is 4. The number of carbonyl (C=O) groups is 1. The maximum absolute atomic E-state index is 12.8. The summed E-state index contributed by atoms with van der Waals surface area (Å²) >= 11 is 0. The molecule has 2 aromatic rings. The minimum atomic E-state index is -0.0309. The molecule has 1 unspecified atom stereocenters. The summed E-state index contributed by atoms with van der Waals surface area (Å²) in [4.78, 5) is 18.9. The quantitative estimate of drug-likeness (QED) is 0.850. The van der Waals surface area contributed by atoms with Crippen LogP contribution in [0.5, 0.6) is 0 Å². The lowest BCUT2D eigenvalue weighted by Crippen LogP contribution is -2.30. The number of methoxy groups -OCH3 is 1. The fourth-order valence-corrected chi connectivity index (χ4v) is 2.98. The number of aromatic nitrogens is 2. The van der Waals surface area contributed by atoms with E-state index >= 15 is 0 Å². The molecule has 0 aliphatic carbocycles. The van der Waals surface area contributed by atoms with Gasteiger partial charge in [-0.2, -0.15) is 0 Å². The predicted octanol–water partition coefficient (Wildman–Crippen LogP) is 3.18. The number of likely N-dealkylation sites (tertiary alicyclic amines) is 1. The third kappa shape index (κ3) is 3.17. The second kappa shape index (κ2) is 6.58. The summed E-state index contributed by atoms with van der Waals surface area (Å²) in [5, 5.41) is 0. The molecule has 1 aliphatic rings. The molecule has 1 atom stereocenters. The predicted molar refractivity (Wildman–Crippen MR) is 85.0 cm³/mol. The summed E-state index contributed by atoms with van der Waals surface area (Å²) in [7, 11) is 1.64. The van der Waals surface area contributed by atoms with Crippen LogP contribution in [0.2, 0.25) is 0 Å². The number of furan rings is 1. The molecule has 23 heavy (non-hydrogen) atoms. The van der Waals surface area contributed by atoms with E-state index in [-0.39, 0.29) is 11.9 Å². The van der Waals surface area contributed by atoms with E-state index < -0.39 is 0 Å². The van der Waals surface area contributed by atoms with Crippen molar-refractivity contribution < 1.29 is 13.9 Å². The fourth-order valence-electron chi connectivity index (χ4n) is 2.98. The molecule has 0 spiro atoms. The van der Waals surface area contributed by atoms with Crippen molar-refractivity contribution in [3.63, 3.8) is 0 Å². The lowest BCUT2D eigenvalue weighted by atomic mass is 10.1. The minimum absolute atomic E-state index is 0.0164. The number of hydrogen-bond donors (Lipinski definition) is 0. The first kappa shape index (κ1) is 15.8. The van der Waals surface area contributed by atoms with E-state index in [0.29, 0.717) is 18.3 Å². The Hall–Kier alpha value is -2.08. The Bertz CT molecular complexity index is 674. The Kier molecular flexibility index (Phi) is 4.52. The average Bonchev–Trinajstić information content (AvgIpc) is 3.26. The van der Waals surface area contributed by atoms with E-state index in [4.69, 9.17) is 9.15 Å². The van der Waals surface area contributed by atoms with Gasteiger partial charge in [0.05, 0.1) is 12.4 Å². The van der Waals surface area contributed by atoms with Crippen LogP contribution in [0.25, 0.3) is 0 Å². The third-order valence-corrected chi connectivity index (χ3v) is 4.23. The van der Waals surface area contributed by atoms with Gasteiger partial charge in [-0.3, -0.25) is 4.79 Å². The Morgan fingerprint density at radius 3 is 3.00 bits per heavy atom. The van der Waals surface area contributed by atoms with E-state index in [1.54, 1.807) is 13.4 Å². The van der Waals surface area contributed by atoms with Crippen LogP contribution in [0.1, 0.15) is 60.8 Å². The molecule has 124 valence electrons. The molecule has 0 N–H and O–H groups in total. The zero-order chi connectivity index (χ0) is 16.4. The number of nitrogens with zero attached hydrogens (tertiary/aromatic N) is 3. The normalized spacial score (nSPS) is 18.1. The smallest absolute Gasteiger partial charge is 0.274 e. The first-order valence-corrected chi connectivity index (χ1v) is 8.02. The van der Waals surface area contributed by atoms with Gasteiger partial charge in [0.1, 0.15) is 23.8 Å². The highest BCUT2D eigenvalue weighted by molar-refractivity contribution is 5.92. The molecule has 6 heteroatoms. The molecule has 0 aromatic carbocycles. The first-order chi connectivity index (χ1) is 11.1. The van der Waals surface area contributed by atoms with Crippen molar-refractivity contribution in [3.05, 3.63) is 41.9 Å². The minimum Gasteiger partial charge on any atom is -0.461 e. The second-order valence-corrected chi connectivity index (χ2v) is 6.19. The van der Waals surface area contributed by atoms with Crippen molar-refractivity contribution in [2.24, 2.45) is 0 Å². The van der Waals surface area contributed by atoms with Crippen LogP contribution in [-0.4, -0.2) is 34.0 Å². The van der Waals surface area contributed by atoms with E-state index in [2.05, 4.69) is 18.8 Å². The molecule has 0 saturated carbocycles. The number of carbonyl (C=O) groups excluding carboxylic acids is 1. The van der Waals surface area contributed by atoms with Gasteiger partial charge >= 0.3 is 0 Å². The Morgan fingerprint density at radius 2 is 2.30 bits per heavy atom. The van der Waals surface area contributed by atoms with Gasteiger partial charge in [-0.1, -0.05) is 0 Å².